The van der Waals surface area contributed by atoms with Crippen LogP contribution in [-0.4, -0.2) is 75.4 Å². The quantitative estimate of drug-likeness (QED) is 0.627. The summed E-state index contributed by atoms with van der Waals surface area (Å²) in [7, 11) is 4.37. The first-order chi connectivity index (χ1) is 10.3. The lowest BCUT2D eigenvalue weighted by atomic mass is 9.73. The molecule has 0 aromatic carbocycles. The highest BCUT2D eigenvalue weighted by molar-refractivity contribution is 4.93. The minimum absolute atomic E-state index is 0.0111. The Bertz CT molecular complexity index is 303. The zero-order valence-electron chi connectivity index (χ0n) is 15.9. The molecule has 1 saturated heterocycles. The van der Waals surface area contributed by atoms with Crippen molar-refractivity contribution in [1.29, 1.82) is 0 Å². The molecule has 0 aromatic heterocycles. The summed E-state index contributed by atoms with van der Waals surface area (Å²) in [5.41, 5.74) is 0.359. The molecule has 0 radical (unpaired) electrons. The van der Waals surface area contributed by atoms with E-state index < -0.39 is 0 Å². The lowest BCUT2D eigenvalue weighted by Gasteiger charge is -2.46. The molecule has 4 heteroatoms. The van der Waals surface area contributed by atoms with E-state index in [-0.39, 0.29) is 5.60 Å². The molecule has 0 saturated carbocycles. The number of ether oxygens (including phenoxy) is 1. The molecular weight excluding hydrogens is 274 g/mol. The van der Waals surface area contributed by atoms with Gasteiger partial charge in [0, 0.05) is 25.1 Å². The van der Waals surface area contributed by atoms with E-state index in [9.17, 15) is 0 Å². The van der Waals surface area contributed by atoms with Crippen LogP contribution in [-0.2, 0) is 4.74 Å². The highest BCUT2D eigenvalue weighted by Gasteiger charge is 2.40. The van der Waals surface area contributed by atoms with E-state index in [4.69, 9.17) is 4.74 Å². The summed E-state index contributed by atoms with van der Waals surface area (Å²) in [6.45, 7) is 16.7. The average Bonchev–Trinajstić information content (AvgIpc) is 2.41. The van der Waals surface area contributed by atoms with E-state index in [0.717, 1.165) is 52.2 Å². The number of nitrogens with one attached hydrogen (secondary N) is 1. The maximum absolute atomic E-state index is 5.94. The summed E-state index contributed by atoms with van der Waals surface area (Å²) in [6, 6.07) is 0. The smallest absolute Gasteiger partial charge is 0.0632 e. The number of hydrogen-bond donors (Lipinski definition) is 1. The zero-order chi connectivity index (χ0) is 16.6. The zero-order valence-corrected chi connectivity index (χ0v) is 15.9. The minimum Gasteiger partial charge on any atom is -0.376 e. The molecule has 22 heavy (non-hydrogen) atoms. The molecule has 1 atom stereocenters. The van der Waals surface area contributed by atoms with Crippen LogP contribution in [0.1, 0.15) is 47.0 Å². The van der Waals surface area contributed by atoms with E-state index in [1.807, 2.05) is 0 Å². The number of rotatable bonds is 10. The van der Waals surface area contributed by atoms with E-state index in [0.29, 0.717) is 5.41 Å². The highest BCUT2D eigenvalue weighted by Crippen LogP contribution is 2.38. The second-order valence-corrected chi connectivity index (χ2v) is 7.83. The molecule has 1 aliphatic rings. The molecule has 1 fully saturated rings. The van der Waals surface area contributed by atoms with Gasteiger partial charge in [0.25, 0.3) is 0 Å². The molecular formula is C18H39N3O. The fourth-order valence-corrected chi connectivity index (χ4v) is 3.92. The first kappa shape index (κ1) is 19.9. The van der Waals surface area contributed by atoms with E-state index in [1.54, 1.807) is 0 Å². The third kappa shape index (κ3) is 6.95. The minimum atomic E-state index is 0.0111. The lowest BCUT2D eigenvalue weighted by molar-refractivity contribution is -0.109. The van der Waals surface area contributed by atoms with Crippen molar-refractivity contribution < 1.29 is 4.74 Å². The summed E-state index contributed by atoms with van der Waals surface area (Å²) >= 11 is 0. The highest BCUT2D eigenvalue weighted by atomic mass is 16.5. The molecule has 1 heterocycles. The van der Waals surface area contributed by atoms with Gasteiger partial charge in [0.2, 0.25) is 0 Å². The van der Waals surface area contributed by atoms with Crippen LogP contribution in [0.3, 0.4) is 0 Å². The molecule has 1 aliphatic heterocycles. The second kappa shape index (κ2) is 9.21. The Balaban J connectivity index is 2.42. The Hall–Kier alpha value is -0.160. The maximum atomic E-state index is 5.94. The predicted octanol–water partition coefficient (Wildman–Crippen LogP) is 2.44. The average molecular weight is 314 g/mol. The normalized spacial score (nSPS) is 25.1. The Morgan fingerprint density at radius 3 is 2.36 bits per heavy atom. The fourth-order valence-electron chi connectivity index (χ4n) is 3.92. The Labute approximate surface area is 138 Å². The first-order valence-corrected chi connectivity index (χ1v) is 9.04. The molecule has 0 amide bonds. The van der Waals surface area contributed by atoms with Crippen molar-refractivity contribution in [1.82, 2.24) is 15.1 Å². The molecule has 0 aromatic rings. The van der Waals surface area contributed by atoms with Gasteiger partial charge in [-0.05, 0) is 73.4 Å². The summed E-state index contributed by atoms with van der Waals surface area (Å²) in [5, 5.41) is 3.73. The van der Waals surface area contributed by atoms with Crippen molar-refractivity contribution in [2.24, 2.45) is 5.41 Å². The SMILES string of the molecule is CCN(CC)CCCNC[C@@]1(CN(C)C)CCOC(C)(C)C1. The van der Waals surface area contributed by atoms with Gasteiger partial charge in [-0.3, -0.25) is 0 Å². The molecule has 1 N–H and O–H groups in total. The van der Waals surface area contributed by atoms with E-state index in [1.165, 1.54) is 13.0 Å². The van der Waals surface area contributed by atoms with Crippen LogP contribution in [0.25, 0.3) is 0 Å². The van der Waals surface area contributed by atoms with Gasteiger partial charge in [-0.1, -0.05) is 13.8 Å². The van der Waals surface area contributed by atoms with Gasteiger partial charge in [-0.25, -0.2) is 0 Å². The van der Waals surface area contributed by atoms with Gasteiger partial charge in [-0.2, -0.15) is 0 Å². The van der Waals surface area contributed by atoms with Crippen LogP contribution >= 0.6 is 0 Å². The summed E-state index contributed by atoms with van der Waals surface area (Å²) in [6.07, 6.45) is 3.54. The maximum Gasteiger partial charge on any atom is 0.0632 e. The Morgan fingerprint density at radius 2 is 1.82 bits per heavy atom. The fraction of sp³-hybridized carbons (Fsp3) is 1.00. The van der Waals surface area contributed by atoms with Crippen LogP contribution in [0, 0.1) is 5.41 Å². The summed E-state index contributed by atoms with van der Waals surface area (Å²) < 4.78 is 5.94. The van der Waals surface area contributed by atoms with Gasteiger partial charge in [0.05, 0.1) is 5.60 Å². The first-order valence-electron chi connectivity index (χ1n) is 9.04. The third-order valence-electron chi connectivity index (χ3n) is 4.80. The topological polar surface area (TPSA) is 27.7 Å². The predicted molar refractivity (Wildman–Crippen MR) is 95.5 cm³/mol. The van der Waals surface area contributed by atoms with Crippen molar-refractivity contribution >= 4 is 0 Å². The molecule has 0 aliphatic carbocycles. The molecule has 0 unspecified atom stereocenters. The number of nitrogens with zero attached hydrogens (tertiary/aromatic N) is 2. The van der Waals surface area contributed by atoms with Gasteiger partial charge < -0.3 is 19.9 Å². The van der Waals surface area contributed by atoms with Crippen LogP contribution in [0.2, 0.25) is 0 Å². The van der Waals surface area contributed by atoms with Crippen molar-refractivity contribution in [3.63, 3.8) is 0 Å². The molecule has 0 bridgehead atoms. The molecule has 132 valence electrons. The van der Waals surface area contributed by atoms with Crippen molar-refractivity contribution in [3.05, 3.63) is 0 Å². The largest absolute Gasteiger partial charge is 0.376 e. The monoisotopic (exact) mass is 313 g/mol. The van der Waals surface area contributed by atoms with Crippen molar-refractivity contribution in [3.8, 4) is 0 Å². The third-order valence-corrected chi connectivity index (χ3v) is 4.80. The van der Waals surface area contributed by atoms with E-state index in [2.05, 4.69) is 56.9 Å². The van der Waals surface area contributed by atoms with E-state index >= 15 is 0 Å². The number of hydrogen-bond acceptors (Lipinski definition) is 4. The van der Waals surface area contributed by atoms with Gasteiger partial charge >= 0.3 is 0 Å². The van der Waals surface area contributed by atoms with Crippen LogP contribution < -0.4 is 5.32 Å². The molecule has 1 rings (SSSR count). The van der Waals surface area contributed by atoms with Crippen LogP contribution in [0.5, 0.6) is 0 Å². The van der Waals surface area contributed by atoms with Crippen molar-refractivity contribution in [2.45, 2.75) is 52.6 Å². The summed E-state index contributed by atoms with van der Waals surface area (Å²) in [4.78, 5) is 4.83. The van der Waals surface area contributed by atoms with Gasteiger partial charge in [0.15, 0.2) is 0 Å². The van der Waals surface area contributed by atoms with Gasteiger partial charge in [0.1, 0.15) is 0 Å². The molecule has 0 spiro atoms. The van der Waals surface area contributed by atoms with Crippen molar-refractivity contribution in [2.75, 3.05) is 60.0 Å². The van der Waals surface area contributed by atoms with Gasteiger partial charge in [-0.15, -0.1) is 0 Å². The standard InChI is InChI=1S/C18H39N3O/c1-7-21(8-2)12-9-11-19-15-18(16-20(5)6)10-13-22-17(3,4)14-18/h19H,7-16H2,1-6H3/t18-/m1/s1. The lowest BCUT2D eigenvalue weighted by Crippen LogP contribution is -2.51. The van der Waals surface area contributed by atoms with Crippen LogP contribution in [0.4, 0.5) is 0 Å². The second-order valence-electron chi connectivity index (χ2n) is 7.83. The van der Waals surface area contributed by atoms with Crippen LogP contribution in [0.15, 0.2) is 0 Å². The molecule has 4 nitrogen and oxygen atoms in total. The summed E-state index contributed by atoms with van der Waals surface area (Å²) in [5.74, 6) is 0. The Kier molecular flexibility index (Phi) is 8.33. The Morgan fingerprint density at radius 1 is 1.14 bits per heavy atom.